The number of para-hydroxylation sites is 1. The van der Waals surface area contributed by atoms with Crippen LogP contribution in [-0.2, 0) is 5.75 Å². The molecule has 3 aromatic heterocycles. The van der Waals surface area contributed by atoms with Crippen molar-refractivity contribution in [1.82, 2.24) is 24.7 Å². The van der Waals surface area contributed by atoms with E-state index in [2.05, 4.69) is 20.6 Å². The fourth-order valence-corrected chi connectivity index (χ4v) is 5.20. The molecule has 0 amide bonds. The number of benzene rings is 2. The van der Waals surface area contributed by atoms with Crippen LogP contribution in [0.4, 0.5) is 0 Å². The summed E-state index contributed by atoms with van der Waals surface area (Å²) in [4.78, 5) is 9.15. The summed E-state index contributed by atoms with van der Waals surface area (Å²) in [7, 11) is 3.31. The van der Waals surface area contributed by atoms with Gasteiger partial charge in [0.05, 0.1) is 36.9 Å². The standard InChI is InChI=1S/C25H21N5O2S2/c1-31-19-12-10-18(11-13-19)30-23(20-7-3-4-9-22(20)32-2)28-29-25(30)34-16-17-15-33-24(27-17)21-8-5-6-14-26-21/h3-15H,16H2,1-2H3. The number of methoxy groups -OCH3 is 2. The van der Waals surface area contributed by atoms with Gasteiger partial charge in [0.15, 0.2) is 11.0 Å². The summed E-state index contributed by atoms with van der Waals surface area (Å²) in [5.41, 5.74) is 3.65. The normalized spacial score (nSPS) is 10.9. The van der Waals surface area contributed by atoms with Crippen molar-refractivity contribution in [3.8, 4) is 39.3 Å². The van der Waals surface area contributed by atoms with E-state index in [0.29, 0.717) is 11.6 Å². The predicted octanol–water partition coefficient (Wildman–Crippen LogP) is 5.76. The highest BCUT2D eigenvalue weighted by Crippen LogP contribution is 2.35. The lowest BCUT2D eigenvalue weighted by molar-refractivity contribution is 0.414. The number of rotatable bonds is 8. The number of hydrogen-bond acceptors (Lipinski definition) is 8. The average molecular weight is 488 g/mol. The number of pyridine rings is 1. The molecule has 0 spiro atoms. The van der Waals surface area contributed by atoms with Gasteiger partial charge in [0, 0.05) is 17.3 Å². The van der Waals surface area contributed by atoms with Crippen LogP contribution in [0.1, 0.15) is 5.69 Å². The molecular weight excluding hydrogens is 466 g/mol. The molecule has 0 radical (unpaired) electrons. The molecule has 7 nitrogen and oxygen atoms in total. The molecule has 0 bridgehead atoms. The molecule has 0 unspecified atom stereocenters. The van der Waals surface area contributed by atoms with Crippen LogP contribution in [0.2, 0.25) is 0 Å². The van der Waals surface area contributed by atoms with Crippen LogP contribution in [0.5, 0.6) is 11.5 Å². The van der Waals surface area contributed by atoms with Gasteiger partial charge in [0.2, 0.25) is 0 Å². The highest BCUT2D eigenvalue weighted by molar-refractivity contribution is 7.98. The van der Waals surface area contributed by atoms with Crippen LogP contribution >= 0.6 is 23.1 Å². The van der Waals surface area contributed by atoms with Gasteiger partial charge < -0.3 is 9.47 Å². The van der Waals surface area contributed by atoms with E-state index in [1.165, 1.54) is 0 Å². The molecule has 0 saturated heterocycles. The molecule has 9 heteroatoms. The summed E-state index contributed by atoms with van der Waals surface area (Å²) in [5, 5.41) is 12.8. The zero-order valence-corrected chi connectivity index (χ0v) is 20.2. The van der Waals surface area contributed by atoms with Crippen molar-refractivity contribution in [1.29, 1.82) is 0 Å². The Balaban J connectivity index is 1.48. The van der Waals surface area contributed by atoms with E-state index in [0.717, 1.165) is 44.3 Å². The summed E-state index contributed by atoms with van der Waals surface area (Å²) < 4.78 is 13.0. The Kier molecular flexibility index (Phi) is 6.55. The smallest absolute Gasteiger partial charge is 0.196 e. The van der Waals surface area contributed by atoms with E-state index in [9.17, 15) is 0 Å². The van der Waals surface area contributed by atoms with E-state index in [-0.39, 0.29) is 0 Å². The molecule has 2 aromatic carbocycles. The molecular formula is C25H21N5O2S2. The third-order valence-electron chi connectivity index (χ3n) is 5.10. The van der Waals surface area contributed by atoms with Gasteiger partial charge in [-0.05, 0) is 48.5 Å². The van der Waals surface area contributed by atoms with Gasteiger partial charge in [0.25, 0.3) is 0 Å². The first kappa shape index (κ1) is 22.1. The molecule has 0 N–H and O–H groups in total. The Morgan fingerprint density at radius 3 is 2.50 bits per heavy atom. The highest BCUT2D eigenvalue weighted by Gasteiger charge is 2.19. The molecule has 0 aliphatic heterocycles. The van der Waals surface area contributed by atoms with Crippen molar-refractivity contribution in [2.75, 3.05) is 14.2 Å². The quantitative estimate of drug-likeness (QED) is 0.258. The van der Waals surface area contributed by atoms with E-state index in [1.54, 1.807) is 43.5 Å². The zero-order chi connectivity index (χ0) is 23.3. The lowest BCUT2D eigenvalue weighted by atomic mass is 10.2. The molecule has 5 aromatic rings. The Hall–Kier alpha value is -3.69. The number of hydrogen-bond donors (Lipinski definition) is 0. The van der Waals surface area contributed by atoms with Gasteiger partial charge >= 0.3 is 0 Å². The van der Waals surface area contributed by atoms with Crippen molar-refractivity contribution < 1.29 is 9.47 Å². The van der Waals surface area contributed by atoms with E-state index < -0.39 is 0 Å². The maximum absolute atomic E-state index is 5.59. The molecule has 3 heterocycles. The van der Waals surface area contributed by atoms with Crippen LogP contribution in [0.15, 0.2) is 83.5 Å². The highest BCUT2D eigenvalue weighted by atomic mass is 32.2. The van der Waals surface area contributed by atoms with Crippen LogP contribution in [0, 0.1) is 0 Å². The van der Waals surface area contributed by atoms with Gasteiger partial charge in [-0.1, -0.05) is 30.0 Å². The number of aromatic nitrogens is 5. The molecule has 170 valence electrons. The molecule has 0 saturated carbocycles. The van der Waals surface area contributed by atoms with Gasteiger partial charge in [0.1, 0.15) is 16.5 Å². The Morgan fingerprint density at radius 1 is 0.912 bits per heavy atom. The largest absolute Gasteiger partial charge is 0.497 e. The van der Waals surface area contributed by atoms with Crippen molar-refractivity contribution in [2.24, 2.45) is 0 Å². The number of thiazole rings is 1. The third-order valence-corrected chi connectivity index (χ3v) is 6.97. The third kappa shape index (κ3) is 4.52. The maximum atomic E-state index is 5.59. The van der Waals surface area contributed by atoms with Gasteiger partial charge in [-0.25, -0.2) is 4.98 Å². The summed E-state index contributed by atoms with van der Waals surface area (Å²) in [5.74, 6) is 2.89. The van der Waals surface area contributed by atoms with E-state index in [1.807, 2.05) is 71.3 Å². The van der Waals surface area contributed by atoms with Crippen molar-refractivity contribution in [3.05, 3.63) is 84.0 Å². The van der Waals surface area contributed by atoms with Gasteiger partial charge in [-0.3, -0.25) is 9.55 Å². The second kappa shape index (κ2) is 10.1. The lowest BCUT2D eigenvalue weighted by Crippen LogP contribution is -2.01. The number of ether oxygens (including phenoxy) is 2. The molecule has 34 heavy (non-hydrogen) atoms. The monoisotopic (exact) mass is 487 g/mol. The van der Waals surface area contributed by atoms with E-state index in [4.69, 9.17) is 14.5 Å². The van der Waals surface area contributed by atoms with Gasteiger partial charge in [-0.2, -0.15) is 0 Å². The lowest BCUT2D eigenvalue weighted by Gasteiger charge is -2.12. The van der Waals surface area contributed by atoms with Crippen molar-refractivity contribution in [2.45, 2.75) is 10.9 Å². The summed E-state index contributed by atoms with van der Waals surface area (Å²) in [6, 6.07) is 21.5. The maximum Gasteiger partial charge on any atom is 0.196 e. The van der Waals surface area contributed by atoms with Crippen molar-refractivity contribution >= 4 is 23.1 Å². The first-order valence-electron chi connectivity index (χ1n) is 10.5. The van der Waals surface area contributed by atoms with Crippen molar-refractivity contribution in [3.63, 3.8) is 0 Å². The van der Waals surface area contributed by atoms with Gasteiger partial charge in [-0.15, -0.1) is 21.5 Å². The first-order chi connectivity index (χ1) is 16.8. The first-order valence-corrected chi connectivity index (χ1v) is 12.3. The fraction of sp³-hybridized carbons (Fsp3) is 0.120. The van der Waals surface area contributed by atoms with Crippen LogP contribution < -0.4 is 9.47 Å². The minimum absolute atomic E-state index is 0.656. The van der Waals surface area contributed by atoms with Crippen LogP contribution in [-0.4, -0.2) is 39.0 Å². The Bertz CT molecular complexity index is 1380. The molecule has 0 atom stereocenters. The zero-order valence-electron chi connectivity index (χ0n) is 18.6. The molecule has 0 aliphatic carbocycles. The SMILES string of the molecule is COc1ccc(-n2c(SCc3csc(-c4ccccn4)n3)nnc2-c2ccccc2OC)cc1. The average Bonchev–Trinajstić information content (AvgIpc) is 3.55. The predicted molar refractivity (Wildman–Crippen MR) is 135 cm³/mol. The Morgan fingerprint density at radius 2 is 1.74 bits per heavy atom. The minimum atomic E-state index is 0.656. The van der Waals surface area contributed by atoms with Crippen LogP contribution in [0.25, 0.3) is 27.8 Å². The summed E-state index contributed by atoms with van der Waals surface area (Å²) in [6.07, 6.45) is 1.78. The topological polar surface area (TPSA) is 75.0 Å². The summed E-state index contributed by atoms with van der Waals surface area (Å²) >= 11 is 3.17. The van der Waals surface area contributed by atoms with E-state index >= 15 is 0 Å². The molecule has 0 aliphatic rings. The summed E-state index contributed by atoms with van der Waals surface area (Å²) in [6.45, 7) is 0. The fourth-order valence-electron chi connectivity index (χ4n) is 3.45. The number of thioether (sulfide) groups is 1. The minimum Gasteiger partial charge on any atom is -0.497 e. The second-order valence-electron chi connectivity index (χ2n) is 7.19. The molecule has 5 rings (SSSR count). The number of nitrogens with zero attached hydrogens (tertiary/aromatic N) is 5. The molecule has 0 fully saturated rings. The second-order valence-corrected chi connectivity index (χ2v) is 8.99. The van der Waals surface area contributed by atoms with Crippen LogP contribution in [0.3, 0.4) is 0 Å². The Labute approximate surface area is 205 Å².